The Hall–Kier alpha value is -1.17. The average molecular weight is 248 g/mol. The predicted octanol–water partition coefficient (Wildman–Crippen LogP) is 0.562. The van der Waals surface area contributed by atoms with E-state index < -0.39 is 17.8 Å². The maximum atomic E-state index is 12.8. The van der Waals surface area contributed by atoms with Gasteiger partial charge in [-0.3, -0.25) is 4.79 Å². The van der Waals surface area contributed by atoms with Gasteiger partial charge >= 0.3 is 0 Å². The van der Waals surface area contributed by atoms with E-state index in [1.54, 1.807) is 0 Å². The number of carbonyl (C=O) groups excluding carboxylic acids is 1. The number of carbonyl (C=O) groups is 1. The highest BCUT2D eigenvalue weighted by Gasteiger charge is 2.13. The first kappa shape index (κ1) is 12.9. The molecule has 1 amide bonds. The summed E-state index contributed by atoms with van der Waals surface area (Å²) in [5.74, 6) is -1.14. The fourth-order valence-corrected chi connectivity index (χ4v) is 1.24. The van der Waals surface area contributed by atoms with Crippen LogP contribution in [0.4, 0.5) is 4.39 Å². The number of hydrogen-bond acceptors (Lipinski definition) is 3. The van der Waals surface area contributed by atoms with E-state index in [1.807, 2.05) is 0 Å². The van der Waals surface area contributed by atoms with Gasteiger partial charge in [0.2, 0.25) is 0 Å². The summed E-state index contributed by atoms with van der Waals surface area (Å²) >= 11 is 5.51. The quantitative estimate of drug-likeness (QED) is 0.728. The Morgan fingerprint density at radius 2 is 2.06 bits per heavy atom. The van der Waals surface area contributed by atoms with Crippen molar-refractivity contribution >= 4 is 17.5 Å². The third-order valence-corrected chi connectivity index (χ3v) is 2.25. The minimum atomic E-state index is -0.740. The first-order valence-corrected chi connectivity index (χ1v) is 4.94. The Kier molecular flexibility index (Phi) is 4.67. The molecule has 1 rings (SSSR count). The molecule has 4 nitrogen and oxygen atoms in total. The van der Waals surface area contributed by atoms with Gasteiger partial charge in [0.25, 0.3) is 5.91 Å². The lowest BCUT2D eigenvalue weighted by Gasteiger charge is -2.13. The summed E-state index contributed by atoms with van der Waals surface area (Å²) < 4.78 is 12.8. The Morgan fingerprint density at radius 1 is 1.44 bits per heavy atom. The van der Waals surface area contributed by atoms with Gasteiger partial charge in [-0.05, 0) is 18.2 Å². The van der Waals surface area contributed by atoms with E-state index in [2.05, 4.69) is 5.32 Å². The molecule has 1 aromatic carbocycles. The van der Waals surface area contributed by atoms with Crippen LogP contribution < -0.4 is 5.32 Å². The molecule has 6 heteroatoms. The molecule has 0 fully saturated rings. The molecule has 0 aromatic heterocycles. The van der Waals surface area contributed by atoms with E-state index in [0.29, 0.717) is 0 Å². The lowest BCUT2D eigenvalue weighted by atomic mass is 10.2. The standard InChI is InChI=1S/C10H11ClFNO3/c11-8-3-6(1-2-9(8)12)10(16)13-7(4-14)5-15/h1-3,7,14-15H,4-5H2,(H,13,16). The van der Waals surface area contributed by atoms with Gasteiger partial charge in [-0.2, -0.15) is 0 Å². The molecule has 0 aliphatic heterocycles. The number of rotatable bonds is 4. The van der Waals surface area contributed by atoms with E-state index in [4.69, 9.17) is 21.8 Å². The lowest BCUT2D eigenvalue weighted by Crippen LogP contribution is -2.40. The van der Waals surface area contributed by atoms with Crippen LogP contribution in [-0.4, -0.2) is 35.4 Å². The molecule has 0 unspecified atom stereocenters. The molecular formula is C10H11ClFNO3. The van der Waals surface area contributed by atoms with Crippen molar-refractivity contribution in [3.8, 4) is 0 Å². The highest BCUT2D eigenvalue weighted by Crippen LogP contribution is 2.15. The molecule has 0 spiro atoms. The number of hydrogen-bond donors (Lipinski definition) is 3. The molecule has 0 atom stereocenters. The van der Waals surface area contributed by atoms with Gasteiger partial charge in [-0.15, -0.1) is 0 Å². The van der Waals surface area contributed by atoms with E-state index >= 15 is 0 Å². The maximum absolute atomic E-state index is 12.8. The number of amides is 1. The van der Waals surface area contributed by atoms with E-state index in [0.717, 1.165) is 6.07 Å². The van der Waals surface area contributed by atoms with Crippen molar-refractivity contribution < 1.29 is 19.4 Å². The number of benzene rings is 1. The molecule has 0 radical (unpaired) electrons. The van der Waals surface area contributed by atoms with Gasteiger partial charge in [0, 0.05) is 5.56 Å². The van der Waals surface area contributed by atoms with Crippen LogP contribution in [0.1, 0.15) is 10.4 Å². The fourth-order valence-electron chi connectivity index (χ4n) is 1.06. The van der Waals surface area contributed by atoms with Crippen LogP contribution in [0.5, 0.6) is 0 Å². The van der Waals surface area contributed by atoms with Crippen molar-refractivity contribution in [3.63, 3.8) is 0 Å². The van der Waals surface area contributed by atoms with Crippen LogP contribution in [0, 0.1) is 5.82 Å². The van der Waals surface area contributed by atoms with Crippen LogP contribution in [0.25, 0.3) is 0 Å². The number of aliphatic hydroxyl groups is 2. The van der Waals surface area contributed by atoms with E-state index in [1.165, 1.54) is 12.1 Å². The predicted molar refractivity (Wildman–Crippen MR) is 56.8 cm³/mol. The molecule has 3 N–H and O–H groups in total. The second-order valence-electron chi connectivity index (χ2n) is 3.16. The minimum Gasteiger partial charge on any atom is -0.394 e. The summed E-state index contributed by atoms with van der Waals surface area (Å²) in [5, 5.41) is 19.7. The molecule has 0 aliphatic rings. The lowest BCUT2D eigenvalue weighted by molar-refractivity contribution is 0.0879. The number of aliphatic hydroxyl groups excluding tert-OH is 2. The van der Waals surface area contributed by atoms with Crippen LogP contribution in [-0.2, 0) is 0 Å². The molecule has 0 aliphatic carbocycles. The fraction of sp³-hybridized carbons (Fsp3) is 0.300. The van der Waals surface area contributed by atoms with Crippen LogP contribution in [0.15, 0.2) is 18.2 Å². The molecule has 0 bridgehead atoms. The zero-order valence-electron chi connectivity index (χ0n) is 8.28. The Bertz CT molecular complexity index is 382. The minimum absolute atomic E-state index is 0.155. The van der Waals surface area contributed by atoms with Gasteiger partial charge in [0.05, 0.1) is 24.3 Å². The van der Waals surface area contributed by atoms with Gasteiger partial charge < -0.3 is 15.5 Å². The Balaban J connectivity index is 2.76. The summed E-state index contributed by atoms with van der Waals surface area (Å²) in [7, 11) is 0. The third-order valence-electron chi connectivity index (χ3n) is 1.96. The number of nitrogens with one attached hydrogen (secondary N) is 1. The second-order valence-corrected chi connectivity index (χ2v) is 3.57. The number of halogens is 2. The van der Waals surface area contributed by atoms with Crippen molar-refractivity contribution in [2.75, 3.05) is 13.2 Å². The Labute approximate surface area is 96.7 Å². The SMILES string of the molecule is O=C(NC(CO)CO)c1ccc(F)c(Cl)c1. The summed E-state index contributed by atoms with van der Waals surface area (Å²) in [6.07, 6.45) is 0. The van der Waals surface area contributed by atoms with Crippen molar-refractivity contribution in [1.29, 1.82) is 0 Å². The van der Waals surface area contributed by atoms with Crippen molar-refractivity contribution in [2.45, 2.75) is 6.04 Å². The van der Waals surface area contributed by atoms with Crippen molar-refractivity contribution in [3.05, 3.63) is 34.6 Å². The van der Waals surface area contributed by atoms with Gasteiger partial charge in [0.15, 0.2) is 0 Å². The van der Waals surface area contributed by atoms with E-state index in [-0.39, 0.29) is 23.8 Å². The molecule has 88 valence electrons. The first-order valence-electron chi connectivity index (χ1n) is 4.56. The summed E-state index contributed by atoms with van der Waals surface area (Å²) in [5.41, 5.74) is 0.165. The van der Waals surface area contributed by atoms with Crippen LogP contribution >= 0.6 is 11.6 Å². The smallest absolute Gasteiger partial charge is 0.251 e. The molecule has 16 heavy (non-hydrogen) atoms. The zero-order chi connectivity index (χ0) is 12.1. The topological polar surface area (TPSA) is 69.6 Å². The van der Waals surface area contributed by atoms with Gasteiger partial charge in [-0.25, -0.2) is 4.39 Å². The third kappa shape index (κ3) is 3.16. The highest BCUT2D eigenvalue weighted by atomic mass is 35.5. The van der Waals surface area contributed by atoms with Gasteiger partial charge in [0.1, 0.15) is 5.82 Å². The van der Waals surface area contributed by atoms with Gasteiger partial charge in [-0.1, -0.05) is 11.6 Å². The second kappa shape index (κ2) is 5.79. The molecule has 0 saturated carbocycles. The largest absolute Gasteiger partial charge is 0.394 e. The molecule has 0 saturated heterocycles. The maximum Gasteiger partial charge on any atom is 0.251 e. The van der Waals surface area contributed by atoms with Crippen molar-refractivity contribution in [1.82, 2.24) is 5.32 Å². The van der Waals surface area contributed by atoms with Crippen LogP contribution in [0.3, 0.4) is 0 Å². The summed E-state index contributed by atoms with van der Waals surface area (Å²) in [6, 6.07) is 2.78. The average Bonchev–Trinajstić information content (AvgIpc) is 2.29. The molecular weight excluding hydrogens is 237 g/mol. The summed E-state index contributed by atoms with van der Waals surface area (Å²) in [4.78, 5) is 11.5. The molecule has 0 heterocycles. The molecule has 1 aromatic rings. The monoisotopic (exact) mass is 247 g/mol. The van der Waals surface area contributed by atoms with Crippen LogP contribution in [0.2, 0.25) is 5.02 Å². The normalized spacial score (nSPS) is 10.6. The summed E-state index contributed by atoms with van der Waals surface area (Å²) in [6.45, 7) is -0.756. The first-order chi connectivity index (χ1) is 7.58. The van der Waals surface area contributed by atoms with E-state index in [9.17, 15) is 9.18 Å². The highest BCUT2D eigenvalue weighted by molar-refractivity contribution is 6.31. The van der Waals surface area contributed by atoms with Crippen molar-refractivity contribution in [2.24, 2.45) is 0 Å². The Morgan fingerprint density at radius 3 is 2.56 bits per heavy atom. The zero-order valence-corrected chi connectivity index (χ0v) is 9.04.